The van der Waals surface area contributed by atoms with Crippen LogP contribution in [0.3, 0.4) is 0 Å². The SMILES string of the molecule is CC(C)NCc1nnnn1CC1(C)CCOCC1. The van der Waals surface area contributed by atoms with E-state index in [0.29, 0.717) is 6.04 Å². The molecule has 6 heteroatoms. The minimum Gasteiger partial charge on any atom is -0.381 e. The molecule has 1 aromatic rings. The van der Waals surface area contributed by atoms with Gasteiger partial charge >= 0.3 is 0 Å². The fourth-order valence-electron chi connectivity index (χ4n) is 2.15. The van der Waals surface area contributed by atoms with Crippen LogP contribution in [0.2, 0.25) is 0 Å². The first-order valence-corrected chi connectivity index (χ1v) is 6.65. The second-order valence-electron chi connectivity index (χ2n) is 5.71. The predicted molar refractivity (Wildman–Crippen MR) is 68.0 cm³/mol. The van der Waals surface area contributed by atoms with Gasteiger partial charge in [-0.1, -0.05) is 20.8 Å². The van der Waals surface area contributed by atoms with Gasteiger partial charge in [0.1, 0.15) is 0 Å². The van der Waals surface area contributed by atoms with E-state index >= 15 is 0 Å². The average Bonchev–Trinajstić information content (AvgIpc) is 2.74. The van der Waals surface area contributed by atoms with Crippen molar-refractivity contribution in [2.45, 2.75) is 52.7 Å². The normalized spacial score (nSPS) is 19.3. The van der Waals surface area contributed by atoms with Crippen molar-refractivity contribution in [1.82, 2.24) is 25.5 Å². The van der Waals surface area contributed by atoms with Crippen LogP contribution in [0.5, 0.6) is 0 Å². The molecule has 0 spiro atoms. The summed E-state index contributed by atoms with van der Waals surface area (Å²) in [7, 11) is 0. The lowest BCUT2D eigenvalue weighted by atomic mass is 9.82. The molecule has 0 aliphatic carbocycles. The lowest BCUT2D eigenvalue weighted by molar-refractivity contribution is 0.0131. The van der Waals surface area contributed by atoms with Crippen LogP contribution < -0.4 is 5.32 Å². The Hall–Kier alpha value is -1.01. The van der Waals surface area contributed by atoms with Crippen LogP contribution in [0.25, 0.3) is 0 Å². The molecule has 0 unspecified atom stereocenters. The van der Waals surface area contributed by atoms with E-state index in [0.717, 1.165) is 45.0 Å². The standard InChI is InChI=1S/C12H23N5O/c1-10(2)13-8-11-14-15-16-17(11)9-12(3)4-6-18-7-5-12/h10,13H,4-9H2,1-3H3. The second kappa shape index (κ2) is 5.75. The Morgan fingerprint density at radius 1 is 1.39 bits per heavy atom. The molecule has 1 fully saturated rings. The Morgan fingerprint density at radius 2 is 2.11 bits per heavy atom. The molecule has 0 bridgehead atoms. The molecule has 6 nitrogen and oxygen atoms in total. The Morgan fingerprint density at radius 3 is 2.78 bits per heavy atom. The summed E-state index contributed by atoms with van der Waals surface area (Å²) >= 11 is 0. The zero-order valence-corrected chi connectivity index (χ0v) is 11.5. The molecule has 0 atom stereocenters. The van der Waals surface area contributed by atoms with Crippen LogP contribution in [0.1, 0.15) is 39.4 Å². The quantitative estimate of drug-likeness (QED) is 0.847. The smallest absolute Gasteiger partial charge is 0.165 e. The predicted octanol–water partition coefficient (Wildman–Crippen LogP) is 0.988. The van der Waals surface area contributed by atoms with E-state index in [1.165, 1.54) is 0 Å². The van der Waals surface area contributed by atoms with E-state index in [9.17, 15) is 0 Å². The van der Waals surface area contributed by atoms with Crippen molar-refractivity contribution in [2.75, 3.05) is 13.2 Å². The van der Waals surface area contributed by atoms with Gasteiger partial charge in [0.15, 0.2) is 5.82 Å². The monoisotopic (exact) mass is 253 g/mol. The first kappa shape index (κ1) is 13.4. The van der Waals surface area contributed by atoms with Crippen LogP contribution in [-0.4, -0.2) is 39.5 Å². The number of aromatic nitrogens is 4. The third-order valence-electron chi connectivity index (χ3n) is 3.51. The van der Waals surface area contributed by atoms with Crippen molar-refractivity contribution < 1.29 is 4.74 Å². The largest absolute Gasteiger partial charge is 0.381 e. The van der Waals surface area contributed by atoms with Gasteiger partial charge < -0.3 is 10.1 Å². The molecule has 0 aromatic carbocycles. The lowest BCUT2D eigenvalue weighted by Gasteiger charge is -2.33. The Kier molecular flexibility index (Phi) is 4.29. The topological polar surface area (TPSA) is 64.9 Å². The van der Waals surface area contributed by atoms with Crippen molar-refractivity contribution in [2.24, 2.45) is 5.41 Å². The van der Waals surface area contributed by atoms with E-state index in [4.69, 9.17) is 4.74 Å². The van der Waals surface area contributed by atoms with Gasteiger partial charge in [0.25, 0.3) is 0 Å². The van der Waals surface area contributed by atoms with Gasteiger partial charge in [0, 0.05) is 19.3 Å². The molecule has 0 saturated carbocycles. The van der Waals surface area contributed by atoms with Crippen molar-refractivity contribution in [3.63, 3.8) is 0 Å². The van der Waals surface area contributed by atoms with Gasteiger partial charge in [-0.2, -0.15) is 0 Å². The minimum atomic E-state index is 0.250. The summed E-state index contributed by atoms with van der Waals surface area (Å²) in [6, 6.07) is 0.439. The molecule has 1 aliphatic heterocycles. The summed E-state index contributed by atoms with van der Waals surface area (Å²) in [6.45, 7) is 9.81. The average molecular weight is 253 g/mol. The zero-order valence-electron chi connectivity index (χ0n) is 11.5. The molecule has 2 heterocycles. The van der Waals surface area contributed by atoms with Gasteiger partial charge in [-0.15, -0.1) is 5.10 Å². The van der Waals surface area contributed by atoms with Gasteiger partial charge in [0.2, 0.25) is 0 Å². The van der Waals surface area contributed by atoms with Crippen LogP contribution in [0.15, 0.2) is 0 Å². The highest BCUT2D eigenvalue weighted by atomic mass is 16.5. The summed E-state index contributed by atoms with van der Waals surface area (Å²) in [5.41, 5.74) is 0.250. The Labute approximate surface area is 108 Å². The van der Waals surface area contributed by atoms with Crippen LogP contribution in [0, 0.1) is 5.41 Å². The third kappa shape index (κ3) is 3.49. The Balaban J connectivity index is 1.98. The fraction of sp³-hybridized carbons (Fsp3) is 0.917. The number of nitrogens with zero attached hydrogens (tertiary/aromatic N) is 4. The summed E-state index contributed by atoms with van der Waals surface area (Å²) < 4.78 is 7.35. The van der Waals surface area contributed by atoms with Crippen LogP contribution in [-0.2, 0) is 17.8 Å². The first-order chi connectivity index (χ1) is 8.59. The fourth-order valence-corrected chi connectivity index (χ4v) is 2.15. The highest BCUT2D eigenvalue weighted by Crippen LogP contribution is 2.31. The molecule has 1 N–H and O–H groups in total. The number of nitrogens with one attached hydrogen (secondary N) is 1. The van der Waals surface area contributed by atoms with Crippen LogP contribution >= 0.6 is 0 Å². The summed E-state index contributed by atoms with van der Waals surface area (Å²) in [5.74, 6) is 0.913. The highest BCUT2D eigenvalue weighted by molar-refractivity contribution is 4.85. The van der Waals surface area contributed by atoms with Crippen molar-refractivity contribution in [1.29, 1.82) is 0 Å². The van der Waals surface area contributed by atoms with Crippen LogP contribution in [0.4, 0.5) is 0 Å². The molecular formula is C12H23N5O. The number of ether oxygens (including phenoxy) is 1. The molecule has 1 saturated heterocycles. The minimum absolute atomic E-state index is 0.250. The maximum absolute atomic E-state index is 5.42. The van der Waals surface area contributed by atoms with Gasteiger partial charge in [-0.05, 0) is 28.7 Å². The zero-order chi connectivity index (χ0) is 13.0. The summed E-state index contributed by atoms with van der Waals surface area (Å²) in [5, 5.41) is 15.3. The third-order valence-corrected chi connectivity index (χ3v) is 3.51. The molecule has 102 valence electrons. The number of rotatable bonds is 5. The summed E-state index contributed by atoms with van der Waals surface area (Å²) in [6.07, 6.45) is 2.15. The van der Waals surface area contributed by atoms with E-state index < -0.39 is 0 Å². The van der Waals surface area contributed by atoms with Gasteiger partial charge in [-0.25, -0.2) is 4.68 Å². The molecule has 1 aliphatic rings. The molecule has 1 aromatic heterocycles. The van der Waals surface area contributed by atoms with Crippen molar-refractivity contribution in [3.8, 4) is 0 Å². The number of hydrogen-bond acceptors (Lipinski definition) is 5. The van der Waals surface area contributed by atoms with Crippen molar-refractivity contribution in [3.05, 3.63) is 5.82 Å². The molecule has 0 radical (unpaired) electrons. The van der Waals surface area contributed by atoms with Gasteiger partial charge in [-0.3, -0.25) is 0 Å². The maximum atomic E-state index is 5.42. The van der Waals surface area contributed by atoms with E-state index in [2.05, 4.69) is 41.6 Å². The van der Waals surface area contributed by atoms with E-state index in [-0.39, 0.29) is 5.41 Å². The summed E-state index contributed by atoms with van der Waals surface area (Å²) in [4.78, 5) is 0. The van der Waals surface area contributed by atoms with E-state index in [1.54, 1.807) is 0 Å². The first-order valence-electron chi connectivity index (χ1n) is 6.65. The van der Waals surface area contributed by atoms with Gasteiger partial charge in [0.05, 0.1) is 13.1 Å². The Bertz CT molecular complexity index is 370. The highest BCUT2D eigenvalue weighted by Gasteiger charge is 2.29. The van der Waals surface area contributed by atoms with E-state index in [1.807, 2.05) is 4.68 Å². The molecule has 2 rings (SSSR count). The maximum Gasteiger partial charge on any atom is 0.165 e. The lowest BCUT2D eigenvalue weighted by Crippen LogP contribution is -2.33. The molecular weight excluding hydrogens is 230 g/mol. The van der Waals surface area contributed by atoms with Crippen molar-refractivity contribution >= 4 is 0 Å². The number of hydrogen-bond donors (Lipinski definition) is 1. The molecule has 0 amide bonds. The number of tetrazole rings is 1. The second-order valence-corrected chi connectivity index (χ2v) is 5.71. The molecule has 18 heavy (non-hydrogen) atoms.